The molecule has 0 saturated carbocycles. The first-order valence-electron chi connectivity index (χ1n) is 4.88. The molecule has 0 aliphatic rings. The number of alkyl halides is 2. The number of methoxy groups -OCH3 is 1. The van der Waals surface area contributed by atoms with Crippen molar-refractivity contribution in [3.05, 3.63) is 0 Å². The zero-order valence-corrected chi connectivity index (χ0v) is 10.3. The molecule has 96 valence electrons. The smallest absolute Gasteiger partial charge is 0.410 e. The van der Waals surface area contributed by atoms with Crippen molar-refractivity contribution in [1.82, 2.24) is 4.90 Å². The number of carbonyl (C=O) groups excluding carboxylic acids is 1. The molecular weight excluding hydrogens is 220 g/mol. The molecule has 0 N–H and O–H groups in total. The summed E-state index contributed by atoms with van der Waals surface area (Å²) in [6, 6.07) is 0. The number of hydrogen-bond donors (Lipinski definition) is 0. The fourth-order valence-electron chi connectivity index (χ4n) is 1.01. The molecule has 0 aromatic heterocycles. The molecule has 0 aromatic carbocycles. The lowest BCUT2D eigenvalue weighted by molar-refractivity contribution is -0.0820. The Bertz CT molecular complexity index is 239. The van der Waals surface area contributed by atoms with Crippen LogP contribution >= 0.6 is 0 Å². The molecule has 1 amide bonds. The molecule has 0 unspecified atom stereocenters. The largest absolute Gasteiger partial charge is 0.444 e. The Morgan fingerprint density at radius 2 is 1.81 bits per heavy atom. The van der Waals surface area contributed by atoms with Gasteiger partial charge in [0.2, 0.25) is 0 Å². The first kappa shape index (κ1) is 15.1. The molecule has 0 fully saturated rings. The van der Waals surface area contributed by atoms with Gasteiger partial charge in [-0.1, -0.05) is 0 Å². The van der Waals surface area contributed by atoms with Crippen LogP contribution < -0.4 is 0 Å². The maximum atomic E-state index is 13.1. The molecule has 6 heteroatoms. The van der Waals surface area contributed by atoms with Gasteiger partial charge in [0.05, 0.1) is 6.54 Å². The van der Waals surface area contributed by atoms with Gasteiger partial charge in [-0.3, -0.25) is 0 Å². The fourth-order valence-corrected chi connectivity index (χ4v) is 1.01. The van der Waals surface area contributed by atoms with E-state index in [-0.39, 0.29) is 0 Å². The molecule has 0 aliphatic carbocycles. The summed E-state index contributed by atoms with van der Waals surface area (Å²) in [7, 11) is 2.44. The summed E-state index contributed by atoms with van der Waals surface area (Å²) >= 11 is 0. The van der Waals surface area contributed by atoms with Crippen molar-refractivity contribution >= 4 is 6.09 Å². The average Bonchev–Trinajstić information content (AvgIpc) is 1.99. The highest BCUT2D eigenvalue weighted by molar-refractivity contribution is 5.67. The van der Waals surface area contributed by atoms with Crippen LogP contribution in [0.2, 0.25) is 0 Å². The van der Waals surface area contributed by atoms with Crippen molar-refractivity contribution < 1.29 is 23.0 Å². The molecule has 0 radical (unpaired) electrons. The molecule has 0 aliphatic heterocycles. The van der Waals surface area contributed by atoms with Crippen molar-refractivity contribution in [2.75, 3.05) is 27.3 Å². The SMILES string of the molecule is COCC(F)(F)CN(C)C(=O)OC(C)(C)C. The molecule has 0 aromatic rings. The van der Waals surface area contributed by atoms with Crippen LogP contribution in [0.5, 0.6) is 0 Å². The molecule has 16 heavy (non-hydrogen) atoms. The van der Waals surface area contributed by atoms with E-state index in [9.17, 15) is 13.6 Å². The van der Waals surface area contributed by atoms with Crippen LogP contribution in [0, 0.1) is 0 Å². The number of nitrogens with zero attached hydrogens (tertiary/aromatic N) is 1. The third kappa shape index (κ3) is 6.55. The standard InChI is InChI=1S/C10H19F2NO3/c1-9(2,3)16-8(14)13(4)6-10(11,12)7-15-5/h6-7H2,1-5H3. The van der Waals surface area contributed by atoms with Gasteiger partial charge in [-0.05, 0) is 20.8 Å². The highest BCUT2D eigenvalue weighted by atomic mass is 19.3. The Labute approximate surface area is 94.5 Å². The second kappa shape index (κ2) is 5.43. The van der Waals surface area contributed by atoms with Gasteiger partial charge >= 0.3 is 6.09 Å². The summed E-state index contributed by atoms with van der Waals surface area (Å²) in [5, 5.41) is 0. The van der Waals surface area contributed by atoms with Gasteiger partial charge in [-0.25, -0.2) is 13.6 Å². The Hall–Kier alpha value is -0.910. The van der Waals surface area contributed by atoms with Gasteiger partial charge in [-0.2, -0.15) is 0 Å². The van der Waals surface area contributed by atoms with E-state index < -0.39 is 30.8 Å². The van der Waals surface area contributed by atoms with Gasteiger partial charge in [0.1, 0.15) is 12.2 Å². The minimum absolute atomic E-state index is 0.693. The lowest BCUT2D eigenvalue weighted by Gasteiger charge is -2.27. The molecule has 0 spiro atoms. The summed E-state index contributed by atoms with van der Waals surface area (Å²) in [5.41, 5.74) is -0.693. The van der Waals surface area contributed by atoms with E-state index in [1.54, 1.807) is 20.8 Å². The highest BCUT2D eigenvalue weighted by Crippen LogP contribution is 2.16. The molecule has 0 rings (SSSR count). The monoisotopic (exact) mass is 239 g/mol. The van der Waals surface area contributed by atoms with E-state index in [0.717, 1.165) is 4.90 Å². The Morgan fingerprint density at radius 3 is 2.19 bits per heavy atom. The second-order valence-electron chi connectivity index (χ2n) is 4.63. The van der Waals surface area contributed by atoms with Crippen LogP contribution in [0.1, 0.15) is 20.8 Å². The Morgan fingerprint density at radius 1 is 1.31 bits per heavy atom. The number of hydrogen-bond acceptors (Lipinski definition) is 3. The van der Waals surface area contributed by atoms with Crippen molar-refractivity contribution in [2.24, 2.45) is 0 Å². The molecule has 0 heterocycles. The summed E-state index contributed by atoms with van der Waals surface area (Å²) in [4.78, 5) is 12.2. The molecular formula is C10H19F2NO3. The first-order valence-corrected chi connectivity index (χ1v) is 4.88. The maximum Gasteiger partial charge on any atom is 0.410 e. The lowest BCUT2D eigenvalue weighted by Crippen LogP contribution is -2.43. The average molecular weight is 239 g/mol. The van der Waals surface area contributed by atoms with Gasteiger partial charge in [0, 0.05) is 14.2 Å². The Kier molecular flexibility index (Phi) is 5.12. The fraction of sp³-hybridized carbons (Fsp3) is 0.900. The van der Waals surface area contributed by atoms with Crippen molar-refractivity contribution in [2.45, 2.75) is 32.3 Å². The Balaban J connectivity index is 4.25. The van der Waals surface area contributed by atoms with Crippen molar-refractivity contribution in [3.8, 4) is 0 Å². The van der Waals surface area contributed by atoms with E-state index in [0.29, 0.717) is 0 Å². The van der Waals surface area contributed by atoms with Gasteiger partial charge in [0.25, 0.3) is 5.92 Å². The normalized spacial score (nSPS) is 12.4. The lowest BCUT2D eigenvalue weighted by atomic mass is 10.2. The van der Waals surface area contributed by atoms with Crippen LogP contribution in [0.25, 0.3) is 0 Å². The highest BCUT2D eigenvalue weighted by Gasteiger charge is 2.33. The zero-order chi connectivity index (χ0) is 13.0. The van der Waals surface area contributed by atoms with E-state index in [4.69, 9.17) is 4.74 Å². The summed E-state index contributed by atoms with van der Waals surface area (Å²) in [6.45, 7) is 3.57. The van der Waals surface area contributed by atoms with Gasteiger partial charge in [0.15, 0.2) is 0 Å². The van der Waals surface area contributed by atoms with Crippen LogP contribution in [0.4, 0.5) is 13.6 Å². The topological polar surface area (TPSA) is 38.8 Å². The first-order chi connectivity index (χ1) is 7.07. The van der Waals surface area contributed by atoms with Gasteiger partial charge < -0.3 is 14.4 Å². The molecule has 0 saturated heterocycles. The second-order valence-corrected chi connectivity index (χ2v) is 4.63. The van der Waals surface area contributed by atoms with E-state index in [1.807, 2.05) is 0 Å². The number of carbonyl (C=O) groups is 1. The minimum atomic E-state index is -3.07. The predicted molar refractivity (Wildman–Crippen MR) is 55.7 cm³/mol. The summed E-state index contributed by atoms with van der Waals surface area (Å²) in [6.07, 6.45) is -0.775. The predicted octanol–water partition coefficient (Wildman–Crippen LogP) is 2.13. The van der Waals surface area contributed by atoms with E-state index >= 15 is 0 Å². The number of amides is 1. The maximum absolute atomic E-state index is 13.1. The van der Waals surface area contributed by atoms with Crippen LogP contribution in [-0.4, -0.2) is 49.8 Å². The molecule has 0 bridgehead atoms. The summed E-state index contributed by atoms with van der Waals surface area (Å²) in [5.74, 6) is -3.07. The van der Waals surface area contributed by atoms with Crippen LogP contribution in [-0.2, 0) is 9.47 Å². The van der Waals surface area contributed by atoms with E-state index in [1.165, 1.54) is 14.2 Å². The molecule has 0 atom stereocenters. The van der Waals surface area contributed by atoms with Crippen molar-refractivity contribution in [3.63, 3.8) is 0 Å². The third-order valence-corrected chi connectivity index (χ3v) is 1.53. The number of ether oxygens (including phenoxy) is 2. The zero-order valence-electron chi connectivity index (χ0n) is 10.3. The number of halogens is 2. The van der Waals surface area contributed by atoms with Gasteiger partial charge in [-0.15, -0.1) is 0 Å². The quantitative estimate of drug-likeness (QED) is 0.754. The van der Waals surface area contributed by atoms with Crippen molar-refractivity contribution in [1.29, 1.82) is 0 Å². The van der Waals surface area contributed by atoms with E-state index in [2.05, 4.69) is 4.74 Å². The van der Waals surface area contributed by atoms with Crippen LogP contribution in [0.15, 0.2) is 0 Å². The summed E-state index contributed by atoms with van der Waals surface area (Å²) < 4.78 is 35.5. The molecule has 4 nitrogen and oxygen atoms in total. The third-order valence-electron chi connectivity index (χ3n) is 1.53. The minimum Gasteiger partial charge on any atom is -0.444 e. The van der Waals surface area contributed by atoms with Crippen LogP contribution in [0.3, 0.4) is 0 Å². The number of rotatable bonds is 4.